The van der Waals surface area contributed by atoms with Crippen molar-refractivity contribution >= 4 is 22.8 Å². The van der Waals surface area contributed by atoms with Gasteiger partial charge < -0.3 is 0 Å². The van der Waals surface area contributed by atoms with Gasteiger partial charge in [-0.15, -0.1) is 0 Å². The molecule has 0 aliphatic carbocycles. The van der Waals surface area contributed by atoms with E-state index in [4.69, 9.17) is 9.98 Å². The third-order valence-corrected chi connectivity index (χ3v) is 9.47. The molecule has 2 rings (SSSR count). The molecule has 268 valence electrons. The Balaban J connectivity index is 0.0000110. The van der Waals surface area contributed by atoms with E-state index < -0.39 is 0 Å². The Bertz CT molecular complexity index is 1130. The molecule has 2 aromatic carbocycles. The fraction of sp³-hybridized carbons (Fsp3) is 0.682. The van der Waals surface area contributed by atoms with Crippen molar-refractivity contribution in [2.24, 2.45) is 9.98 Å². The molecule has 0 aromatic heterocycles. The van der Waals surface area contributed by atoms with Crippen molar-refractivity contribution in [3.05, 3.63) is 58.7 Å². The normalized spacial score (nSPS) is 12.0. The molecule has 0 atom stereocenters. The first-order chi connectivity index (χ1) is 22.6. The summed E-state index contributed by atoms with van der Waals surface area (Å²) in [5.41, 5.74) is 10.8. The standard InChI is InChI=1S/C44H72N2.Ni/c1-7-13-19-21-22-24-30-44(46-42-34-32-38(26-16-10-4)40(36-42)28-18-12-6)43(29-23-20-14-8-2)45-41-33-31-37(25-15-9-3)39(35-41)27-17-11-5;/h31-36H,7-30H2,1-6H3;. The average Bonchev–Trinajstić information content (AvgIpc) is 3.07. The van der Waals surface area contributed by atoms with Gasteiger partial charge in [0.05, 0.1) is 22.8 Å². The molecule has 0 heterocycles. The second-order valence-corrected chi connectivity index (χ2v) is 13.8. The molecule has 0 bridgehead atoms. The molecule has 0 saturated heterocycles. The van der Waals surface area contributed by atoms with Gasteiger partial charge in [-0.2, -0.15) is 0 Å². The van der Waals surface area contributed by atoms with Crippen LogP contribution in [0.1, 0.15) is 192 Å². The van der Waals surface area contributed by atoms with Crippen LogP contribution in [0, 0.1) is 0 Å². The van der Waals surface area contributed by atoms with E-state index in [9.17, 15) is 0 Å². The first kappa shape index (κ1) is 43.3. The Morgan fingerprint density at radius 3 is 1.09 bits per heavy atom. The molecular formula is C44H72N2Ni. The Kier molecular flexibility index (Phi) is 25.9. The molecular weight excluding hydrogens is 615 g/mol. The first-order valence-electron chi connectivity index (χ1n) is 20.0. The van der Waals surface area contributed by atoms with E-state index in [-0.39, 0.29) is 16.5 Å². The van der Waals surface area contributed by atoms with Crippen molar-refractivity contribution in [2.75, 3.05) is 0 Å². The monoisotopic (exact) mass is 687 g/mol. The molecule has 0 unspecified atom stereocenters. The van der Waals surface area contributed by atoms with Crippen molar-refractivity contribution in [3.63, 3.8) is 0 Å². The summed E-state index contributed by atoms with van der Waals surface area (Å²) in [6.07, 6.45) is 29.5. The third kappa shape index (κ3) is 18.0. The topological polar surface area (TPSA) is 24.7 Å². The second-order valence-electron chi connectivity index (χ2n) is 13.8. The fourth-order valence-electron chi connectivity index (χ4n) is 6.42. The molecule has 2 aromatic rings. The average molecular weight is 688 g/mol. The summed E-state index contributed by atoms with van der Waals surface area (Å²) in [7, 11) is 0. The van der Waals surface area contributed by atoms with E-state index in [0.29, 0.717) is 0 Å². The largest absolute Gasteiger partial charge is 0.252 e. The molecule has 0 aliphatic rings. The van der Waals surface area contributed by atoms with Crippen molar-refractivity contribution < 1.29 is 16.5 Å². The number of hydrogen-bond donors (Lipinski definition) is 0. The van der Waals surface area contributed by atoms with E-state index >= 15 is 0 Å². The van der Waals surface area contributed by atoms with Gasteiger partial charge in [-0.1, -0.05) is 131 Å². The summed E-state index contributed by atoms with van der Waals surface area (Å²) < 4.78 is 0. The van der Waals surface area contributed by atoms with Crippen LogP contribution in [0.15, 0.2) is 46.4 Å². The zero-order valence-corrected chi connectivity index (χ0v) is 32.6. The van der Waals surface area contributed by atoms with Crippen LogP contribution in [0.4, 0.5) is 11.4 Å². The number of nitrogens with zero attached hydrogens (tertiary/aromatic N) is 2. The quantitative estimate of drug-likeness (QED) is 0.0507. The van der Waals surface area contributed by atoms with Gasteiger partial charge in [-0.05, 0) is 124 Å². The summed E-state index contributed by atoms with van der Waals surface area (Å²) in [5.74, 6) is 0. The summed E-state index contributed by atoms with van der Waals surface area (Å²) in [4.78, 5) is 11.0. The number of aliphatic imine (C=N–C) groups is 2. The maximum Gasteiger partial charge on any atom is 0.0636 e. The Hall–Kier alpha value is -1.73. The molecule has 0 spiro atoms. The summed E-state index contributed by atoms with van der Waals surface area (Å²) >= 11 is 0. The molecule has 0 radical (unpaired) electrons. The van der Waals surface area contributed by atoms with E-state index in [1.165, 1.54) is 162 Å². The van der Waals surface area contributed by atoms with Gasteiger partial charge in [0.15, 0.2) is 0 Å². The van der Waals surface area contributed by atoms with Gasteiger partial charge in [0.25, 0.3) is 0 Å². The van der Waals surface area contributed by atoms with Crippen LogP contribution in [-0.4, -0.2) is 11.4 Å². The van der Waals surface area contributed by atoms with Crippen LogP contribution < -0.4 is 0 Å². The SMILES string of the molecule is CCCCCCCCC(=Nc1ccc(CCCC)c(CCCC)c1)C(CCCCCC)=Nc1ccc(CCCC)c(CCCC)c1.[Ni]. The van der Waals surface area contributed by atoms with Gasteiger partial charge in [-0.25, -0.2) is 0 Å². The summed E-state index contributed by atoms with van der Waals surface area (Å²) in [6, 6.07) is 14.2. The zero-order chi connectivity index (χ0) is 33.2. The first-order valence-corrected chi connectivity index (χ1v) is 20.0. The second kappa shape index (κ2) is 28.1. The van der Waals surface area contributed by atoms with Gasteiger partial charge in [0.1, 0.15) is 0 Å². The fourth-order valence-corrected chi connectivity index (χ4v) is 6.42. The van der Waals surface area contributed by atoms with Gasteiger partial charge in [0, 0.05) is 16.5 Å². The number of benzene rings is 2. The molecule has 0 fully saturated rings. The van der Waals surface area contributed by atoms with Crippen molar-refractivity contribution in [2.45, 2.75) is 196 Å². The van der Waals surface area contributed by atoms with Gasteiger partial charge in [0.2, 0.25) is 0 Å². The summed E-state index contributed by atoms with van der Waals surface area (Å²) in [5, 5.41) is 0. The van der Waals surface area contributed by atoms with E-state index in [1.54, 1.807) is 0 Å². The van der Waals surface area contributed by atoms with Crippen LogP contribution >= 0.6 is 0 Å². The Morgan fingerprint density at radius 1 is 0.383 bits per heavy atom. The van der Waals surface area contributed by atoms with E-state index in [1.807, 2.05) is 0 Å². The van der Waals surface area contributed by atoms with Crippen molar-refractivity contribution in [3.8, 4) is 0 Å². The number of unbranched alkanes of at least 4 members (excludes halogenated alkanes) is 12. The molecule has 0 aliphatic heterocycles. The minimum atomic E-state index is 0. The molecule has 0 N–H and O–H groups in total. The van der Waals surface area contributed by atoms with Crippen molar-refractivity contribution in [1.82, 2.24) is 0 Å². The molecule has 0 amide bonds. The predicted molar refractivity (Wildman–Crippen MR) is 208 cm³/mol. The molecule has 3 heteroatoms. The maximum absolute atomic E-state index is 5.49. The number of hydrogen-bond acceptors (Lipinski definition) is 2. The zero-order valence-electron chi connectivity index (χ0n) is 31.6. The number of rotatable bonds is 27. The Morgan fingerprint density at radius 2 is 0.702 bits per heavy atom. The number of aryl methyl sites for hydroxylation is 4. The van der Waals surface area contributed by atoms with Crippen LogP contribution in [0.2, 0.25) is 0 Å². The van der Waals surface area contributed by atoms with Gasteiger partial charge in [-0.3, -0.25) is 9.98 Å². The minimum absolute atomic E-state index is 0. The van der Waals surface area contributed by atoms with Crippen LogP contribution in [0.25, 0.3) is 0 Å². The maximum atomic E-state index is 5.49. The van der Waals surface area contributed by atoms with E-state index in [0.717, 1.165) is 37.1 Å². The van der Waals surface area contributed by atoms with Crippen LogP contribution in [-0.2, 0) is 42.2 Å². The van der Waals surface area contributed by atoms with E-state index in [2.05, 4.69) is 77.9 Å². The van der Waals surface area contributed by atoms with Gasteiger partial charge >= 0.3 is 0 Å². The smallest absolute Gasteiger partial charge is 0.0636 e. The van der Waals surface area contributed by atoms with Crippen LogP contribution in [0.5, 0.6) is 0 Å². The Labute approximate surface area is 302 Å². The molecule has 47 heavy (non-hydrogen) atoms. The van der Waals surface area contributed by atoms with Crippen LogP contribution in [0.3, 0.4) is 0 Å². The third-order valence-electron chi connectivity index (χ3n) is 9.47. The molecule has 0 saturated carbocycles. The predicted octanol–water partition coefficient (Wildman–Crippen LogP) is 14.6. The molecule has 2 nitrogen and oxygen atoms in total. The summed E-state index contributed by atoms with van der Waals surface area (Å²) in [6.45, 7) is 13.8. The van der Waals surface area contributed by atoms with Crippen molar-refractivity contribution in [1.29, 1.82) is 0 Å². The minimum Gasteiger partial charge on any atom is -0.252 e.